The third-order valence-electron chi connectivity index (χ3n) is 3.60. The highest BCUT2D eigenvalue weighted by Crippen LogP contribution is 2.35. The van der Waals surface area contributed by atoms with Gasteiger partial charge in [-0.25, -0.2) is 4.39 Å². The minimum atomic E-state index is -3.10. The Morgan fingerprint density at radius 1 is 1.38 bits per heavy atom. The Bertz CT molecular complexity index is 604. The first-order valence-electron chi connectivity index (χ1n) is 6.55. The second-order valence-electron chi connectivity index (χ2n) is 4.87. The third-order valence-corrected chi connectivity index (χ3v) is 3.60. The van der Waals surface area contributed by atoms with E-state index in [4.69, 9.17) is 0 Å². The molecule has 1 saturated heterocycles. The number of hydrogen-bond donors (Lipinski definition) is 1. The number of amides is 1. The van der Waals surface area contributed by atoms with Crippen LogP contribution in [0.15, 0.2) is 18.2 Å². The van der Waals surface area contributed by atoms with Crippen LogP contribution in [0, 0.1) is 5.82 Å². The first kappa shape index (κ1) is 13.8. The summed E-state index contributed by atoms with van der Waals surface area (Å²) in [5.41, 5.74) is 1.07. The molecule has 7 heteroatoms. The first-order valence-corrected chi connectivity index (χ1v) is 6.55. The summed E-state index contributed by atoms with van der Waals surface area (Å²) < 4.78 is 42.5. The number of fused-ring (bicyclic) bond motifs is 1. The number of nitrogens with one attached hydrogen (secondary N) is 1. The zero-order chi connectivity index (χ0) is 15.0. The highest BCUT2D eigenvalue weighted by molar-refractivity contribution is 5.89. The van der Waals surface area contributed by atoms with Crippen LogP contribution in [0.4, 0.5) is 18.9 Å². The molecular formula is C14H13F3N2O2. The minimum Gasteiger partial charge on any atom is -0.432 e. The fourth-order valence-electron chi connectivity index (χ4n) is 2.69. The van der Waals surface area contributed by atoms with E-state index in [9.17, 15) is 18.0 Å². The standard InChI is InChI=1S/C14H13F3N2O2/c15-9-6-8-2-1-5-19(10-3-4-18-13(10)20)11(8)7-12(9)21-14(16)17/h1-2,6-7,10,14H,3-5H2,(H,18,20)/t10-/m0/s1. The van der Waals surface area contributed by atoms with Crippen LogP contribution >= 0.6 is 0 Å². The van der Waals surface area contributed by atoms with Crippen LogP contribution in [-0.4, -0.2) is 31.7 Å². The topological polar surface area (TPSA) is 41.6 Å². The molecule has 0 bridgehead atoms. The SMILES string of the molecule is O=C1NCC[C@@H]1N1CC=Cc2cc(F)c(OC(F)F)cc21. The number of carbonyl (C=O) groups excluding carboxylic acids is 1. The van der Waals surface area contributed by atoms with E-state index in [2.05, 4.69) is 10.1 Å². The van der Waals surface area contributed by atoms with E-state index >= 15 is 0 Å². The first-order chi connectivity index (χ1) is 10.1. The van der Waals surface area contributed by atoms with Gasteiger partial charge in [0.1, 0.15) is 6.04 Å². The molecule has 2 aliphatic rings. The van der Waals surface area contributed by atoms with Crippen LogP contribution < -0.4 is 15.0 Å². The maximum absolute atomic E-state index is 13.7. The van der Waals surface area contributed by atoms with Crippen LogP contribution in [0.25, 0.3) is 6.08 Å². The number of hydrogen-bond acceptors (Lipinski definition) is 3. The number of anilines is 1. The smallest absolute Gasteiger partial charge is 0.387 e. The van der Waals surface area contributed by atoms with E-state index in [1.165, 1.54) is 6.07 Å². The summed E-state index contributed by atoms with van der Waals surface area (Å²) in [5.74, 6) is -1.48. The number of ether oxygens (including phenoxy) is 1. The summed E-state index contributed by atoms with van der Waals surface area (Å²) in [4.78, 5) is 13.6. The van der Waals surface area contributed by atoms with Gasteiger partial charge in [0.05, 0.1) is 0 Å². The van der Waals surface area contributed by atoms with Crippen molar-refractivity contribution in [1.82, 2.24) is 5.32 Å². The van der Waals surface area contributed by atoms with Crippen molar-refractivity contribution in [2.24, 2.45) is 0 Å². The van der Waals surface area contributed by atoms with Gasteiger partial charge in [0.2, 0.25) is 5.91 Å². The monoisotopic (exact) mass is 298 g/mol. The molecule has 0 aliphatic carbocycles. The lowest BCUT2D eigenvalue weighted by molar-refractivity contribution is -0.120. The van der Waals surface area contributed by atoms with E-state index in [-0.39, 0.29) is 11.9 Å². The zero-order valence-corrected chi connectivity index (χ0v) is 11.0. The summed E-state index contributed by atoms with van der Waals surface area (Å²) in [6.07, 6.45) is 4.13. The number of rotatable bonds is 3. The largest absolute Gasteiger partial charge is 0.432 e. The second kappa shape index (κ2) is 5.31. The molecule has 1 fully saturated rings. The van der Waals surface area contributed by atoms with E-state index in [0.717, 1.165) is 6.07 Å². The molecule has 0 unspecified atom stereocenters. The molecule has 1 aromatic carbocycles. The van der Waals surface area contributed by atoms with Crippen molar-refractivity contribution in [2.75, 3.05) is 18.0 Å². The highest BCUT2D eigenvalue weighted by atomic mass is 19.3. The second-order valence-corrected chi connectivity index (χ2v) is 4.87. The molecule has 0 saturated carbocycles. The van der Waals surface area contributed by atoms with Crippen molar-refractivity contribution in [3.63, 3.8) is 0 Å². The van der Waals surface area contributed by atoms with Crippen molar-refractivity contribution in [3.05, 3.63) is 29.6 Å². The van der Waals surface area contributed by atoms with Crippen molar-refractivity contribution < 1.29 is 22.7 Å². The fourth-order valence-corrected chi connectivity index (χ4v) is 2.69. The molecule has 0 radical (unpaired) electrons. The Morgan fingerprint density at radius 2 is 2.19 bits per heavy atom. The Kier molecular flexibility index (Phi) is 3.48. The van der Waals surface area contributed by atoms with Gasteiger partial charge in [-0.15, -0.1) is 0 Å². The lowest BCUT2D eigenvalue weighted by Gasteiger charge is -2.32. The molecule has 2 heterocycles. The molecular weight excluding hydrogens is 285 g/mol. The predicted octanol–water partition coefficient (Wildman–Crippen LogP) is 2.15. The maximum atomic E-state index is 13.7. The molecule has 1 N–H and O–H groups in total. The van der Waals surface area contributed by atoms with Gasteiger partial charge in [-0.3, -0.25) is 4.79 Å². The number of halogens is 3. The van der Waals surface area contributed by atoms with E-state index in [0.29, 0.717) is 30.8 Å². The van der Waals surface area contributed by atoms with Gasteiger partial charge in [0, 0.05) is 30.4 Å². The van der Waals surface area contributed by atoms with Crippen molar-refractivity contribution in [1.29, 1.82) is 0 Å². The molecule has 0 aromatic heterocycles. The molecule has 0 spiro atoms. The summed E-state index contributed by atoms with van der Waals surface area (Å²) in [7, 11) is 0. The normalized spacial score (nSPS) is 20.7. The molecule has 1 aromatic rings. The summed E-state index contributed by atoms with van der Waals surface area (Å²) >= 11 is 0. The van der Waals surface area contributed by atoms with Gasteiger partial charge < -0.3 is 15.0 Å². The van der Waals surface area contributed by atoms with Crippen LogP contribution in [0.2, 0.25) is 0 Å². The van der Waals surface area contributed by atoms with Gasteiger partial charge in [-0.05, 0) is 12.5 Å². The van der Waals surface area contributed by atoms with Crippen LogP contribution in [0.1, 0.15) is 12.0 Å². The number of nitrogens with zero attached hydrogens (tertiary/aromatic N) is 1. The van der Waals surface area contributed by atoms with Crippen LogP contribution in [0.3, 0.4) is 0 Å². The molecule has 4 nitrogen and oxygen atoms in total. The van der Waals surface area contributed by atoms with E-state index in [1.54, 1.807) is 17.1 Å². The Labute approximate surface area is 119 Å². The number of carbonyl (C=O) groups is 1. The zero-order valence-electron chi connectivity index (χ0n) is 11.0. The highest BCUT2D eigenvalue weighted by Gasteiger charge is 2.32. The minimum absolute atomic E-state index is 0.114. The Balaban J connectivity index is 1.99. The predicted molar refractivity (Wildman–Crippen MR) is 70.8 cm³/mol. The quantitative estimate of drug-likeness (QED) is 0.929. The lowest BCUT2D eigenvalue weighted by Crippen LogP contribution is -2.42. The van der Waals surface area contributed by atoms with Crippen molar-refractivity contribution in [3.8, 4) is 5.75 Å². The maximum Gasteiger partial charge on any atom is 0.387 e. The fraction of sp³-hybridized carbons (Fsp3) is 0.357. The van der Waals surface area contributed by atoms with Crippen molar-refractivity contribution in [2.45, 2.75) is 19.1 Å². The summed E-state index contributed by atoms with van der Waals surface area (Å²) in [6, 6.07) is 1.99. The molecule has 21 heavy (non-hydrogen) atoms. The van der Waals surface area contributed by atoms with E-state index < -0.39 is 18.2 Å². The number of alkyl halides is 2. The lowest BCUT2D eigenvalue weighted by atomic mass is 10.0. The van der Waals surface area contributed by atoms with Gasteiger partial charge in [0.25, 0.3) is 0 Å². The Morgan fingerprint density at radius 3 is 2.86 bits per heavy atom. The average Bonchev–Trinajstić information content (AvgIpc) is 2.84. The van der Waals surface area contributed by atoms with Gasteiger partial charge in [-0.1, -0.05) is 12.2 Å². The summed E-state index contributed by atoms with van der Waals surface area (Å²) in [6.45, 7) is -2.06. The van der Waals surface area contributed by atoms with Gasteiger partial charge in [-0.2, -0.15) is 8.78 Å². The van der Waals surface area contributed by atoms with Gasteiger partial charge in [0.15, 0.2) is 11.6 Å². The molecule has 1 atom stereocenters. The summed E-state index contributed by atoms with van der Waals surface area (Å²) in [5, 5.41) is 2.73. The van der Waals surface area contributed by atoms with Gasteiger partial charge >= 0.3 is 6.61 Å². The molecule has 3 rings (SSSR count). The van der Waals surface area contributed by atoms with Crippen molar-refractivity contribution >= 4 is 17.7 Å². The van der Waals surface area contributed by atoms with Crippen LogP contribution in [-0.2, 0) is 4.79 Å². The molecule has 2 aliphatic heterocycles. The number of benzene rings is 1. The third kappa shape index (κ3) is 2.55. The van der Waals surface area contributed by atoms with Crippen LogP contribution in [0.5, 0.6) is 5.75 Å². The molecule has 112 valence electrons. The average molecular weight is 298 g/mol. The molecule has 1 amide bonds. The van der Waals surface area contributed by atoms with E-state index in [1.807, 2.05) is 0 Å². The Hall–Kier alpha value is -2.18.